The summed E-state index contributed by atoms with van der Waals surface area (Å²) in [5, 5.41) is 14.6. The summed E-state index contributed by atoms with van der Waals surface area (Å²) in [4.78, 5) is 10.8. The molecule has 1 unspecified atom stereocenters. The van der Waals surface area contributed by atoms with Gasteiger partial charge in [0.2, 0.25) is 0 Å². The van der Waals surface area contributed by atoms with E-state index in [1.807, 2.05) is 19.1 Å². The quantitative estimate of drug-likeness (QED) is 0.662. The van der Waals surface area contributed by atoms with Crippen molar-refractivity contribution in [3.05, 3.63) is 39.9 Å². The van der Waals surface area contributed by atoms with Crippen molar-refractivity contribution in [2.24, 2.45) is 5.41 Å². The van der Waals surface area contributed by atoms with Crippen molar-refractivity contribution >= 4 is 5.69 Å². The van der Waals surface area contributed by atoms with Crippen LogP contribution in [-0.4, -0.2) is 11.0 Å². The third kappa shape index (κ3) is 3.57. The molecule has 0 spiro atoms. The lowest BCUT2D eigenvalue weighted by Crippen LogP contribution is -2.37. The molecule has 110 valence electrons. The van der Waals surface area contributed by atoms with Crippen molar-refractivity contribution in [3.8, 4) is 0 Å². The standard InChI is InChI=1S/C16H24N2O2/c1-12(14-6-4-5-7-15(14)18(19)20)17-13-8-10-16(2,3)11-9-13/h4-7,12-13,17H,8-11H2,1-3H3. The summed E-state index contributed by atoms with van der Waals surface area (Å²) >= 11 is 0. The van der Waals surface area contributed by atoms with Crippen molar-refractivity contribution in [1.29, 1.82) is 0 Å². The smallest absolute Gasteiger partial charge is 0.274 e. The minimum Gasteiger partial charge on any atom is -0.307 e. The van der Waals surface area contributed by atoms with Crippen molar-refractivity contribution in [2.45, 2.75) is 58.5 Å². The van der Waals surface area contributed by atoms with Crippen LogP contribution in [0.3, 0.4) is 0 Å². The zero-order valence-corrected chi connectivity index (χ0v) is 12.6. The van der Waals surface area contributed by atoms with E-state index < -0.39 is 0 Å². The molecule has 1 aromatic carbocycles. The largest absolute Gasteiger partial charge is 0.307 e. The second-order valence-corrected chi connectivity index (χ2v) is 6.64. The number of nitrogens with zero attached hydrogens (tertiary/aromatic N) is 1. The van der Waals surface area contributed by atoms with Gasteiger partial charge in [-0.2, -0.15) is 0 Å². The molecule has 4 nitrogen and oxygen atoms in total. The van der Waals surface area contributed by atoms with E-state index in [1.54, 1.807) is 12.1 Å². The molecule has 20 heavy (non-hydrogen) atoms. The Balaban J connectivity index is 2.02. The molecule has 1 atom stereocenters. The number of nitro benzene ring substituents is 1. The Labute approximate surface area is 120 Å². The normalized spacial score (nSPS) is 20.6. The molecule has 0 aromatic heterocycles. The van der Waals surface area contributed by atoms with Gasteiger partial charge in [-0.05, 0) is 38.0 Å². The third-order valence-corrected chi connectivity index (χ3v) is 4.42. The molecule has 0 bridgehead atoms. The van der Waals surface area contributed by atoms with Crippen LogP contribution in [0.4, 0.5) is 5.69 Å². The number of nitro groups is 1. The Bertz CT molecular complexity index is 475. The van der Waals surface area contributed by atoms with E-state index in [0.29, 0.717) is 11.5 Å². The number of para-hydroxylation sites is 1. The number of hydrogen-bond acceptors (Lipinski definition) is 3. The van der Waals surface area contributed by atoms with Crippen LogP contribution in [0.5, 0.6) is 0 Å². The van der Waals surface area contributed by atoms with Crippen LogP contribution in [0.1, 0.15) is 58.1 Å². The molecule has 1 saturated carbocycles. The van der Waals surface area contributed by atoms with Gasteiger partial charge in [-0.1, -0.05) is 32.0 Å². The maximum atomic E-state index is 11.1. The number of benzene rings is 1. The van der Waals surface area contributed by atoms with Crippen molar-refractivity contribution in [2.75, 3.05) is 0 Å². The van der Waals surface area contributed by atoms with E-state index in [-0.39, 0.29) is 16.7 Å². The molecule has 0 aliphatic heterocycles. The maximum Gasteiger partial charge on any atom is 0.274 e. The van der Waals surface area contributed by atoms with Crippen LogP contribution >= 0.6 is 0 Å². The van der Waals surface area contributed by atoms with Crippen LogP contribution in [0.2, 0.25) is 0 Å². The molecule has 0 heterocycles. The van der Waals surface area contributed by atoms with E-state index in [1.165, 1.54) is 12.8 Å². The predicted molar refractivity (Wildman–Crippen MR) is 80.7 cm³/mol. The second-order valence-electron chi connectivity index (χ2n) is 6.64. The number of nitrogens with one attached hydrogen (secondary N) is 1. The molecule has 1 aromatic rings. The van der Waals surface area contributed by atoms with Crippen LogP contribution in [-0.2, 0) is 0 Å². The van der Waals surface area contributed by atoms with Gasteiger partial charge in [0.1, 0.15) is 0 Å². The highest BCUT2D eigenvalue weighted by atomic mass is 16.6. The fourth-order valence-electron chi connectivity index (χ4n) is 3.03. The lowest BCUT2D eigenvalue weighted by molar-refractivity contribution is -0.385. The van der Waals surface area contributed by atoms with Gasteiger partial charge in [-0.3, -0.25) is 10.1 Å². The maximum absolute atomic E-state index is 11.1. The summed E-state index contributed by atoms with van der Waals surface area (Å²) in [6, 6.07) is 7.50. The number of rotatable bonds is 4. The van der Waals surface area contributed by atoms with E-state index in [2.05, 4.69) is 19.2 Å². The van der Waals surface area contributed by atoms with Gasteiger partial charge >= 0.3 is 0 Å². The van der Waals surface area contributed by atoms with Crippen LogP contribution in [0.25, 0.3) is 0 Å². The molecule has 1 N–H and O–H groups in total. The van der Waals surface area contributed by atoms with Gasteiger partial charge in [0.15, 0.2) is 0 Å². The van der Waals surface area contributed by atoms with Crippen LogP contribution in [0, 0.1) is 15.5 Å². The third-order valence-electron chi connectivity index (χ3n) is 4.42. The molecule has 0 amide bonds. The topological polar surface area (TPSA) is 55.2 Å². The van der Waals surface area contributed by atoms with Gasteiger partial charge in [0, 0.05) is 23.7 Å². The van der Waals surface area contributed by atoms with Gasteiger partial charge in [0.05, 0.1) is 4.92 Å². The number of hydrogen-bond donors (Lipinski definition) is 1. The molecule has 2 rings (SSSR count). The second kappa shape index (κ2) is 5.92. The zero-order valence-electron chi connectivity index (χ0n) is 12.6. The molecule has 4 heteroatoms. The van der Waals surface area contributed by atoms with Crippen molar-refractivity contribution in [1.82, 2.24) is 5.32 Å². The lowest BCUT2D eigenvalue weighted by Gasteiger charge is -2.36. The van der Waals surface area contributed by atoms with E-state index in [0.717, 1.165) is 18.4 Å². The van der Waals surface area contributed by atoms with Crippen LogP contribution < -0.4 is 5.32 Å². The van der Waals surface area contributed by atoms with Crippen molar-refractivity contribution < 1.29 is 4.92 Å². The van der Waals surface area contributed by atoms with Crippen LogP contribution in [0.15, 0.2) is 24.3 Å². The summed E-state index contributed by atoms with van der Waals surface area (Å²) < 4.78 is 0. The summed E-state index contributed by atoms with van der Waals surface area (Å²) in [5.74, 6) is 0. The average Bonchev–Trinajstić information content (AvgIpc) is 2.41. The molecule has 0 radical (unpaired) electrons. The minimum absolute atomic E-state index is 0.0165. The molecule has 1 aliphatic rings. The average molecular weight is 276 g/mol. The molecule has 0 saturated heterocycles. The molecule has 1 fully saturated rings. The first-order valence-electron chi connectivity index (χ1n) is 7.38. The van der Waals surface area contributed by atoms with E-state index in [4.69, 9.17) is 0 Å². The molecular weight excluding hydrogens is 252 g/mol. The highest BCUT2D eigenvalue weighted by molar-refractivity contribution is 5.41. The summed E-state index contributed by atoms with van der Waals surface area (Å²) in [5.41, 5.74) is 1.44. The summed E-state index contributed by atoms with van der Waals surface area (Å²) in [6.07, 6.45) is 4.73. The van der Waals surface area contributed by atoms with Gasteiger partial charge in [-0.15, -0.1) is 0 Å². The Kier molecular flexibility index (Phi) is 4.43. The van der Waals surface area contributed by atoms with Gasteiger partial charge in [0.25, 0.3) is 5.69 Å². The Morgan fingerprint density at radius 1 is 1.30 bits per heavy atom. The Hall–Kier alpha value is -1.42. The lowest BCUT2D eigenvalue weighted by atomic mass is 9.75. The fourth-order valence-corrected chi connectivity index (χ4v) is 3.03. The first-order valence-corrected chi connectivity index (χ1v) is 7.38. The highest BCUT2D eigenvalue weighted by Gasteiger charge is 2.28. The van der Waals surface area contributed by atoms with E-state index in [9.17, 15) is 10.1 Å². The van der Waals surface area contributed by atoms with Crippen molar-refractivity contribution in [3.63, 3.8) is 0 Å². The fraction of sp³-hybridized carbons (Fsp3) is 0.625. The molecular formula is C16H24N2O2. The minimum atomic E-state index is -0.294. The zero-order chi connectivity index (χ0) is 14.8. The predicted octanol–water partition coefficient (Wildman–Crippen LogP) is 4.21. The first-order chi connectivity index (χ1) is 9.39. The monoisotopic (exact) mass is 276 g/mol. The summed E-state index contributed by atoms with van der Waals surface area (Å²) in [7, 11) is 0. The first kappa shape index (κ1) is 15.0. The van der Waals surface area contributed by atoms with Gasteiger partial charge < -0.3 is 5.32 Å². The summed E-state index contributed by atoms with van der Waals surface area (Å²) in [6.45, 7) is 6.64. The Morgan fingerprint density at radius 2 is 1.90 bits per heavy atom. The highest BCUT2D eigenvalue weighted by Crippen LogP contribution is 2.36. The Morgan fingerprint density at radius 3 is 2.50 bits per heavy atom. The van der Waals surface area contributed by atoms with E-state index >= 15 is 0 Å². The SMILES string of the molecule is CC(NC1CCC(C)(C)CC1)c1ccccc1[N+](=O)[O-]. The van der Waals surface area contributed by atoms with Gasteiger partial charge in [-0.25, -0.2) is 0 Å². The molecule has 1 aliphatic carbocycles.